The van der Waals surface area contributed by atoms with Crippen molar-refractivity contribution in [2.75, 3.05) is 17.4 Å². The predicted molar refractivity (Wildman–Crippen MR) is 171 cm³/mol. The van der Waals surface area contributed by atoms with E-state index < -0.39 is 28.5 Å². The van der Waals surface area contributed by atoms with Crippen LogP contribution in [0, 0.1) is 6.92 Å². The molecule has 43 heavy (non-hydrogen) atoms. The normalized spacial score (nSPS) is 11.9. The van der Waals surface area contributed by atoms with Crippen LogP contribution in [0.5, 0.6) is 0 Å². The summed E-state index contributed by atoms with van der Waals surface area (Å²) in [6.07, 6.45) is 0.973. The van der Waals surface area contributed by atoms with Crippen LogP contribution in [-0.4, -0.2) is 44.3 Å². The Kier molecular flexibility index (Phi) is 11.0. The maximum absolute atomic E-state index is 14.4. The van der Waals surface area contributed by atoms with Crippen LogP contribution in [0.25, 0.3) is 0 Å². The quantitative estimate of drug-likeness (QED) is 0.199. The van der Waals surface area contributed by atoms with Crippen molar-refractivity contribution in [1.82, 2.24) is 10.2 Å². The summed E-state index contributed by atoms with van der Waals surface area (Å²) in [5.74, 6) is -0.829. The summed E-state index contributed by atoms with van der Waals surface area (Å²) in [5, 5.41) is 3.44. The van der Waals surface area contributed by atoms with Crippen LogP contribution in [0.4, 0.5) is 5.69 Å². The van der Waals surface area contributed by atoms with Crippen molar-refractivity contribution in [1.29, 1.82) is 0 Å². The van der Waals surface area contributed by atoms with Gasteiger partial charge in [-0.05, 0) is 60.4 Å². The molecule has 0 heterocycles. The lowest BCUT2D eigenvalue weighted by Crippen LogP contribution is -2.53. The molecule has 0 aliphatic rings. The first-order valence-electron chi connectivity index (χ1n) is 14.2. The number of sulfonamides is 1. The summed E-state index contributed by atoms with van der Waals surface area (Å²) in [6, 6.07) is 30.7. The fourth-order valence-corrected chi connectivity index (χ4v) is 6.54. The fraction of sp³-hybridized carbons (Fsp3) is 0.235. The first-order chi connectivity index (χ1) is 20.7. The molecular weight excluding hydrogens is 582 g/mol. The third kappa shape index (κ3) is 8.24. The van der Waals surface area contributed by atoms with Gasteiger partial charge in [-0.2, -0.15) is 0 Å². The number of halogens is 1. The molecule has 4 aromatic rings. The van der Waals surface area contributed by atoms with Crippen molar-refractivity contribution in [3.63, 3.8) is 0 Å². The summed E-state index contributed by atoms with van der Waals surface area (Å²) in [5.41, 5.74) is 2.67. The SMILES string of the molecule is CCCNC(=O)[C@@H](Cc1ccccc1)N(Cc1cccc(Cl)c1)C(=O)CN(c1ccccc1C)S(=O)(=O)c1ccccc1. The number of nitrogens with one attached hydrogen (secondary N) is 1. The third-order valence-corrected chi connectivity index (χ3v) is 9.07. The lowest BCUT2D eigenvalue weighted by molar-refractivity contribution is -0.140. The molecule has 0 aliphatic carbocycles. The molecule has 1 atom stereocenters. The van der Waals surface area contributed by atoms with Crippen molar-refractivity contribution in [3.05, 3.63) is 131 Å². The molecule has 0 unspecified atom stereocenters. The number of para-hydroxylation sites is 1. The molecule has 0 aliphatic heterocycles. The highest BCUT2D eigenvalue weighted by molar-refractivity contribution is 7.92. The first kappa shape index (κ1) is 31.8. The van der Waals surface area contributed by atoms with Crippen LogP contribution >= 0.6 is 11.6 Å². The average Bonchev–Trinajstić information content (AvgIpc) is 3.01. The van der Waals surface area contributed by atoms with Crippen molar-refractivity contribution in [2.45, 2.75) is 44.2 Å². The number of amides is 2. The maximum Gasteiger partial charge on any atom is 0.264 e. The maximum atomic E-state index is 14.4. The Balaban J connectivity index is 1.80. The van der Waals surface area contributed by atoms with Gasteiger partial charge in [0.2, 0.25) is 11.8 Å². The molecule has 9 heteroatoms. The summed E-state index contributed by atoms with van der Waals surface area (Å²) >= 11 is 6.29. The van der Waals surface area contributed by atoms with Crippen molar-refractivity contribution in [3.8, 4) is 0 Å². The van der Waals surface area contributed by atoms with Crippen LogP contribution in [0.1, 0.15) is 30.0 Å². The van der Waals surface area contributed by atoms with Crippen LogP contribution < -0.4 is 9.62 Å². The smallest absolute Gasteiger partial charge is 0.264 e. The van der Waals surface area contributed by atoms with Gasteiger partial charge in [0.1, 0.15) is 12.6 Å². The van der Waals surface area contributed by atoms with Crippen LogP contribution in [-0.2, 0) is 32.6 Å². The minimum absolute atomic E-state index is 0.0590. The molecule has 0 saturated heterocycles. The molecule has 0 aromatic heterocycles. The zero-order valence-electron chi connectivity index (χ0n) is 24.3. The van der Waals surface area contributed by atoms with Gasteiger partial charge in [-0.25, -0.2) is 8.42 Å². The van der Waals surface area contributed by atoms with E-state index in [1.165, 1.54) is 17.0 Å². The van der Waals surface area contributed by atoms with Gasteiger partial charge in [-0.15, -0.1) is 0 Å². The molecule has 4 rings (SSSR count). The molecule has 0 radical (unpaired) electrons. The van der Waals surface area contributed by atoms with E-state index >= 15 is 0 Å². The molecule has 1 N–H and O–H groups in total. The average molecular weight is 618 g/mol. The fourth-order valence-electron chi connectivity index (χ4n) is 4.83. The Labute approximate surface area is 259 Å². The molecule has 0 spiro atoms. The number of hydrogen-bond donors (Lipinski definition) is 1. The number of carbonyl (C=O) groups is 2. The number of aryl methyl sites for hydroxylation is 1. The Morgan fingerprint density at radius 2 is 1.47 bits per heavy atom. The summed E-state index contributed by atoms with van der Waals surface area (Å²) in [6.45, 7) is 3.75. The van der Waals surface area contributed by atoms with E-state index in [0.29, 0.717) is 22.8 Å². The van der Waals surface area contributed by atoms with Crippen LogP contribution in [0.3, 0.4) is 0 Å². The molecule has 4 aromatic carbocycles. The summed E-state index contributed by atoms with van der Waals surface area (Å²) in [7, 11) is -4.14. The molecule has 2 amide bonds. The highest BCUT2D eigenvalue weighted by atomic mass is 35.5. The Morgan fingerprint density at radius 3 is 2.12 bits per heavy atom. The molecule has 224 valence electrons. The second-order valence-electron chi connectivity index (χ2n) is 10.3. The van der Waals surface area contributed by atoms with Crippen LogP contribution in [0.15, 0.2) is 114 Å². The Morgan fingerprint density at radius 1 is 0.837 bits per heavy atom. The molecule has 7 nitrogen and oxygen atoms in total. The van der Waals surface area contributed by atoms with Gasteiger partial charge in [0.25, 0.3) is 10.0 Å². The highest BCUT2D eigenvalue weighted by Gasteiger charge is 2.34. The topological polar surface area (TPSA) is 86.8 Å². The minimum Gasteiger partial charge on any atom is -0.354 e. The van der Waals surface area contributed by atoms with E-state index in [2.05, 4.69) is 5.32 Å². The van der Waals surface area contributed by atoms with E-state index in [9.17, 15) is 18.0 Å². The van der Waals surface area contributed by atoms with Gasteiger partial charge < -0.3 is 10.2 Å². The Hall–Kier alpha value is -4.14. The standard InChI is InChI=1S/C34H36ClN3O4S/c1-3-21-36-34(40)32(23-27-14-6-4-7-15-27)37(24-28-16-12-17-29(35)22-28)33(39)25-38(31-20-11-10-13-26(31)2)43(41,42)30-18-8-5-9-19-30/h4-20,22,32H,3,21,23-25H2,1-2H3,(H,36,40)/t32-/m1/s1. The second kappa shape index (κ2) is 14.8. The van der Waals surface area contributed by atoms with Gasteiger partial charge >= 0.3 is 0 Å². The number of benzene rings is 4. The number of hydrogen-bond acceptors (Lipinski definition) is 4. The van der Waals surface area contributed by atoms with E-state index in [1.807, 2.05) is 49.4 Å². The van der Waals surface area contributed by atoms with Gasteiger partial charge in [-0.1, -0.05) is 97.4 Å². The number of carbonyl (C=O) groups excluding carboxylic acids is 2. The summed E-state index contributed by atoms with van der Waals surface area (Å²) < 4.78 is 29.2. The van der Waals surface area contributed by atoms with Gasteiger partial charge in [0, 0.05) is 24.5 Å². The van der Waals surface area contributed by atoms with E-state index in [-0.39, 0.29) is 23.8 Å². The number of nitrogens with zero attached hydrogens (tertiary/aromatic N) is 2. The molecular formula is C34H36ClN3O4S. The zero-order valence-corrected chi connectivity index (χ0v) is 25.9. The lowest BCUT2D eigenvalue weighted by Gasteiger charge is -2.34. The molecule has 0 bridgehead atoms. The van der Waals surface area contributed by atoms with Crippen LogP contribution in [0.2, 0.25) is 5.02 Å². The van der Waals surface area contributed by atoms with Gasteiger partial charge in [0.15, 0.2) is 0 Å². The first-order valence-corrected chi connectivity index (χ1v) is 16.0. The second-order valence-corrected chi connectivity index (χ2v) is 12.6. The lowest BCUT2D eigenvalue weighted by atomic mass is 10.0. The molecule has 0 fully saturated rings. The number of anilines is 1. The number of rotatable bonds is 13. The largest absolute Gasteiger partial charge is 0.354 e. The van der Waals surface area contributed by atoms with Crippen molar-refractivity contribution in [2.24, 2.45) is 0 Å². The third-order valence-electron chi connectivity index (χ3n) is 7.06. The van der Waals surface area contributed by atoms with Gasteiger partial charge in [-0.3, -0.25) is 13.9 Å². The monoisotopic (exact) mass is 617 g/mol. The van der Waals surface area contributed by atoms with Crippen molar-refractivity contribution >= 4 is 39.1 Å². The van der Waals surface area contributed by atoms with E-state index in [0.717, 1.165) is 21.9 Å². The van der Waals surface area contributed by atoms with Crippen molar-refractivity contribution < 1.29 is 18.0 Å². The highest BCUT2D eigenvalue weighted by Crippen LogP contribution is 2.27. The minimum atomic E-state index is -4.14. The van der Waals surface area contributed by atoms with E-state index in [1.54, 1.807) is 61.5 Å². The van der Waals surface area contributed by atoms with Gasteiger partial charge in [0.05, 0.1) is 10.6 Å². The summed E-state index contributed by atoms with van der Waals surface area (Å²) in [4.78, 5) is 29.6. The predicted octanol–water partition coefficient (Wildman–Crippen LogP) is 6.01. The molecule has 0 saturated carbocycles. The zero-order chi connectivity index (χ0) is 30.8. The Bertz CT molecular complexity index is 1630. The van der Waals surface area contributed by atoms with E-state index in [4.69, 9.17) is 11.6 Å².